The smallest absolute Gasteiger partial charge is 0.233 e. The lowest BCUT2D eigenvalue weighted by Gasteiger charge is -2.13. The Hall–Kier alpha value is -2.74. The minimum Gasteiger partial charge on any atom is -0.351 e. The van der Waals surface area contributed by atoms with Gasteiger partial charge in [-0.25, -0.2) is 4.39 Å². The van der Waals surface area contributed by atoms with Crippen molar-refractivity contribution in [2.24, 2.45) is 0 Å². The second kappa shape index (κ2) is 9.45. The third-order valence-corrected chi connectivity index (χ3v) is 5.21. The molecule has 1 atom stereocenters. The Morgan fingerprint density at radius 2 is 1.89 bits per heavy atom. The molecule has 0 unspecified atom stereocenters. The van der Waals surface area contributed by atoms with Crippen LogP contribution in [0.1, 0.15) is 25.8 Å². The number of halogens is 1. The molecule has 0 aliphatic carbocycles. The first-order valence-corrected chi connectivity index (χ1v) is 9.99. The molecule has 3 aromatic rings. The summed E-state index contributed by atoms with van der Waals surface area (Å²) in [6, 6.07) is 9.87. The summed E-state index contributed by atoms with van der Waals surface area (Å²) in [6.07, 6.45) is 4.37. The van der Waals surface area contributed by atoms with Crippen LogP contribution in [0.3, 0.4) is 0 Å². The highest BCUT2D eigenvalue weighted by Gasteiger charge is 2.20. The molecule has 0 radical (unpaired) electrons. The normalized spacial score (nSPS) is 12.0. The van der Waals surface area contributed by atoms with Crippen LogP contribution in [0.15, 0.2) is 53.9 Å². The predicted octanol–water partition coefficient (Wildman–Crippen LogP) is 3.69. The van der Waals surface area contributed by atoms with Crippen LogP contribution < -0.4 is 5.32 Å². The molecule has 0 aliphatic rings. The van der Waals surface area contributed by atoms with Crippen LogP contribution in [0.4, 0.5) is 4.39 Å². The van der Waals surface area contributed by atoms with Gasteiger partial charge in [0.05, 0.1) is 5.25 Å². The molecule has 0 aliphatic heterocycles. The van der Waals surface area contributed by atoms with Gasteiger partial charge >= 0.3 is 0 Å². The first-order chi connectivity index (χ1) is 13.6. The number of amides is 1. The number of nitrogens with one attached hydrogen (secondary N) is 1. The van der Waals surface area contributed by atoms with E-state index in [1.807, 2.05) is 23.6 Å². The van der Waals surface area contributed by atoms with E-state index in [0.29, 0.717) is 11.7 Å². The number of carbonyl (C=O) groups is 1. The summed E-state index contributed by atoms with van der Waals surface area (Å²) in [7, 11) is 0. The van der Waals surface area contributed by atoms with E-state index in [4.69, 9.17) is 0 Å². The van der Waals surface area contributed by atoms with Gasteiger partial charge in [0.2, 0.25) is 5.91 Å². The zero-order chi connectivity index (χ0) is 19.9. The second-order valence-electron chi connectivity index (χ2n) is 6.30. The lowest BCUT2D eigenvalue weighted by atomic mass is 10.2. The van der Waals surface area contributed by atoms with Crippen molar-refractivity contribution in [1.82, 2.24) is 25.1 Å². The van der Waals surface area contributed by atoms with E-state index < -0.39 is 0 Å². The Morgan fingerprint density at radius 1 is 1.18 bits per heavy atom. The van der Waals surface area contributed by atoms with Gasteiger partial charge in [0.1, 0.15) is 5.82 Å². The fourth-order valence-electron chi connectivity index (χ4n) is 2.66. The maximum absolute atomic E-state index is 13.0. The number of hydrogen-bond acceptors (Lipinski definition) is 5. The third kappa shape index (κ3) is 4.95. The molecule has 0 spiro atoms. The Labute approximate surface area is 167 Å². The molecular weight excluding hydrogens is 377 g/mol. The number of rotatable bonds is 8. The van der Waals surface area contributed by atoms with Crippen molar-refractivity contribution in [2.75, 3.05) is 0 Å². The van der Waals surface area contributed by atoms with E-state index in [-0.39, 0.29) is 17.0 Å². The first kappa shape index (κ1) is 20.0. The van der Waals surface area contributed by atoms with Crippen molar-refractivity contribution in [1.29, 1.82) is 0 Å². The van der Waals surface area contributed by atoms with Gasteiger partial charge < -0.3 is 9.88 Å². The van der Waals surface area contributed by atoms with E-state index in [1.165, 1.54) is 23.9 Å². The van der Waals surface area contributed by atoms with Gasteiger partial charge in [-0.3, -0.25) is 9.78 Å². The Kier molecular flexibility index (Phi) is 6.76. The molecule has 146 valence electrons. The maximum Gasteiger partial charge on any atom is 0.233 e. The van der Waals surface area contributed by atoms with Gasteiger partial charge in [-0.15, -0.1) is 10.2 Å². The molecule has 28 heavy (non-hydrogen) atoms. The monoisotopic (exact) mass is 399 g/mol. The molecule has 0 bridgehead atoms. The summed E-state index contributed by atoms with van der Waals surface area (Å²) in [5.74, 6) is 0.371. The van der Waals surface area contributed by atoms with Gasteiger partial charge in [0.15, 0.2) is 11.0 Å². The van der Waals surface area contributed by atoms with Crippen LogP contribution in [0.5, 0.6) is 0 Å². The van der Waals surface area contributed by atoms with Crippen molar-refractivity contribution in [3.8, 4) is 11.4 Å². The molecule has 0 saturated carbocycles. The van der Waals surface area contributed by atoms with Gasteiger partial charge in [-0.1, -0.05) is 30.8 Å². The SMILES string of the molecule is CCCn1c(S[C@@H](C)C(=O)NCc2ccc(F)cc2)nnc1-c1ccncc1. The van der Waals surface area contributed by atoms with Crippen molar-refractivity contribution < 1.29 is 9.18 Å². The van der Waals surface area contributed by atoms with Gasteiger partial charge in [0, 0.05) is 31.0 Å². The van der Waals surface area contributed by atoms with E-state index in [0.717, 1.165) is 29.9 Å². The van der Waals surface area contributed by atoms with E-state index >= 15 is 0 Å². The number of aromatic nitrogens is 4. The highest BCUT2D eigenvalue weighted by Crippen LogP contribution is 2.27. The minimum absolute atomic E-state index is 0.106. The lowest BCUT2D eigenvalue weighted by molar-refractivity contribution is -0.120. The largest absolute Gasteiger partial charge is 0.351 e. The topological polar surface area (TPSA) is 72.7 Å². The molecule has 1 amide bonds. The molecule has 1 N–H and O–H groups in total. The molecule has 8 heteroatoms. The van der Waals surface area contributed by atoms with Crippen molar-refractivity contribution >= 4 is 17.7 Å². The summed E-state index contributed by atoms with van der Waals surface area (Å²) >= 11 is 1.37. The standard InChI is InChI=1S/C20H22FN5OS/c1-3-12-26-18(16-8-10-22-11-9-16)24-25-20(26)28-14(2)19(27)23-13-15-4-6-17(21)7-5-15/h4-11,14H,3,12-13H2,1-2H3,(H,23,27)/t14-/m0/s1. The quantitative estimate of drug-likeness (QED) is 0.585. The van der Waals surface area contributed by atoms with Crippen LogP contribution in [-0.4, -0.2) is 30.9 Å². The molecular formula is C20H22FN5OS. The zero-order valence-corrected chi connectivity index (χ0v) is 16.6. The molecule has 3 rings (SSSR count). The molecule has 6 nitrogen and oxygen atoms in total. The van der Waals surface area contributed by atoms with Crippen molar-refractivity contribution in [3.05, 3.63) is 60.2 Å². The van der Waals surface area contributed by atoms with Crippen LogP contribution in [0, 0.1) is 5.82 Å². The summed E-state index contributed by atoms with van der Waals surface area (Å²) in [6.45, 7) is 5.04. The second-order valence-corrected chi connectivity index (χ2v) is 7.61. The highest BCUT2D eigenvalue weighted by atomic mass is 32.2. The minimum atomic E-state index is -0.342. The van der Waals surface area contributed by atoms with Gasteiger partial charge in [0.25, 0.3) is 0 Å². The first-order valence-electron chi connectivity index (χ1n) is 9.11. The summed E-state index contributed by atoms with van der Waals surface area (Å²) in [5, 5.41) is 11.9. The number of pyridine rings is 1. The van der Waals surface area contributed by atoms with E-state index in [1.54, 1.807) is 24.5 Å². The van der Waals surface area contributed by atoms with Crippen molar-refractivity contribution in [3.63, 3.8) is 0 Å². The number of carbonyl (C=O) groups excluding carboxylic acids is 1. The average molecular weight is 399 g/mol. The summed E-state index contributed by atoms with van der Waals surface area (Å²) < 4.78 is 15.0. The van der Waals surface area contributed by atoms with Crippen LogP contribution in [0.25, 0.3) is 11.4 Å². The zero-order valence-electron chi connectivity index (χ0n) is 15.8. The maximum atomic E-state index is 13.0. The highest BCUT2D eigenvalue weighted by molar-refractivity contribution is 8.00. The molecule has 1 aromatic carbocycles. The Bertz CT molecular complexity index is 914. The van der Waals surface area contributed by atoms with Crippen molar-refractivity contribution in [2.45, 2.75) is 43.8 Å². The fraction of sp³-hybridized carbons (Fsp3) is 0.300. The Balaban J connectivity index is 1.67. The lowest BCUT2D eigenvalue weighted by Crippen LogP contribution is -2.30. The fourth-order valence-corrected chi connectivity index (χ4v) is 3.56. The van der Waals surface area contributed by atoms with Gasteiger partial charge in [-0.05, 0) is 43.2 Å². The van der Waals surface area contributed by atoms with Crippen LogP contribution in [0.2, 0.25) is 0 Å². The molecule has 2 heterocycles. The average Bonchev–Trinajstić information content (AvgIpc) is 3.10. The number of benzene rings is 1. The molecule has 2 aromatic heterocycles. The number of nitrogens with zero attached hydrogens (tertiary/aromatic N) is 4. The Morgan fingerprint density at radius 3 is 2.57 bits per heavy atom. The van der Waals surface area contributed by atoms with E-state index in [9.17, 15) is 9.18 Å². The number of thioether (sulfide) groups is 1. The van der Waals surface area contributed by atoms with Gasteiger partial charge in [-0.2, -0.15) is 0 Å². The predicted molar refractivity (Wildman–Crippen MR) is 107 cm³/mol. The molecule has 0 saturated heterocycles. The molecule has 0 fully saturated rings. The van der Waals surface area contributed by atoms with Crippen LogP contribution in [-0.2, 0) is 17.9 Å². The summed E-state index contributed by atoms with van der Waals surface area (Å²) in [4.78, 5) is 16.5. The number of hydrogen-bond donors (Lipinski definition) is 1. The van der Waals surface area contributed by atoms with Crippen LogP contribution >= 0.6 is 11.8 Å². The third-order valence-electron chi connectivity index (χ3n) is 4.13. The van der Waals surface area contributed by atoms with E-state index in [2.05, 4.69) is 27.4 Å². The summed E-state index contributed by atoms with van der Waals surface area (Å²) in [5.41, 5.74) is 1.79.